The van der Waals surface area contributed by atoms with E-state index in [1.165, 1.54) is 16.2 Å². The van der Waals surface area contributed by atoms with Crippen molar-refractivity contribution in [3.63, 3.8) is 0 Å². The first-order valence-corrected chi connectivity index (χ1v) is 9.74. The predicted molar refractivity (Wildman–Crippen MR) is 83.0 cm³/mol. The van der Waals surface area contributed by atoms with E-state index in [0.717, 1.165) is 9.61 Å². The SMILES string of the molecule is CCS(=O)(=O)N[C@H]1CCN(C(=O)O)[C@H]1Cc1csc(Br)n1. The molecule has 2 rings (SSSR count). The summed E-state index contributed by atoms with van der Waals surface area (Å²) in [6.45, 7) is 1.88. The molecule has 1 fully saturated rings. The number of amides is 1. The molecular weight excluding hydrogens is 382 g/mol. The zero-order chi connectivity index (χ0) is 15.6. The van der Waals surface area contributed by atoms with E-state index in [1.54, 1.807) is 6.92 Å². The molecule has 0 radical (unpaired) electrons. The van der Waals surface area contributed by atoms with Crippen molar-refractivity contribution >= 4 is 43.4 Å². The van der Waals surface area contributed by atoms with Gasteiger partial charge in [-0.1, -0.05) is 0 Å². The Labute approximate surface area is 135 Å². The maximum absolute atomic E-state index is 11.7. The van der Waals surface area contributed by atoms with Crippen LogP contribution in [0.2, 0.25) is 0 Å². The lowest BCUT2D eigenvalue weighted by atomic mass is 10.1. The predicted octanol–water partition coefficient (Wildman–Crippen LogP) is 1.51. The topological polar surface area (TPSA) is 99.6 Å². The zero-order valence-corrected chi connectivity index (χ0v) is 14.5. The van der Waals surface area contributed by atoms with Crippen LogP contribution in [-0.2, 0) is 16.4 Å². The first kappa shape index (κ1) is 16.7. The van der Waals surface area contributed by atoms with Gasteiger partial charge in [-0.3, -0.25) is 0 Å². The molecule has 0 aromatic carbocycles. The van der Waals surface area contributed by atoms with E-state index >= 15 is 0 Å². The molecule has 2 heterocycles. The van der Waals surface area contributed by atoms with E-state index < -0.39 is 28.2 Å². The molecule has 0 aliphatic carbocycles. The summed E-state index contributed by atoms with van der Waals surface area (Å²) >= 11 is 4.68. The summed E-state index contributed by atoms with van der Waals surface area (Å²) in [5.41, 5.74) is 0.755. The summed E-state index contributed by atoms with van der Waals surface area (Å²) < 4.78 is 26.8. The molecule has 1 amide bonds. The van der Waals surface area contributed by atoms with Crippen LogP contribution in [0.4, 0.5) is 4.79 Å². The number of carboxylic acid groups (broad SMARTS) is 1. The number of aromatic nitrogens is 1. The van der Waals surface area contributed by atoms with Crippen molar-refractivity contribution in [3.05, 3.63) is 15.0 Å². The van der Waals surface area contributed by atoms with Crippen molar-refractivity contribution in [2.45, 2.75) is 31.8 Å². The first-order valence-electron chi connectivity index (χ1n) is 6.42. The van der Waals surface area contributed by atoms with Gasteiger partial charge in [0.1, 0.15) is 0 Å². The summed E-state index contributed by atoms with van der Waals surface area (Å²) in [5.74, 6) is -0.0223. The molecule has 1 aliphatic rings. The molecule has 0 spiro atoms. The van der Waals surface area contributed by atoms with Crippen molar-refractivity contribution in [1.29, 1.82) is 0 Å². The molecule has 1 aromatic rings. The Bertz CT molecular complexity index is 619. The van der Waals surface area contributed by atoms with Crippen LogP contribution in [0.3, 0.4) is 0 Å². The van der Waals surface area contributed by atoms with Gasteiger partial charge in [-0.2, -0.15) is 0 Å². The number of hydrogen-bond acceptors (Lipinski definition) is 5. The minimum Gasteiger partial charge on any atom is -0.465 e. The average molecular weight is 398 g/mol. The van der Waals surface area contributed by atoms with Gasteiger partial charge in [-0.25, -0.2) is 22.9 Å². The summed E-state index contributed by atoms with van der Waals surface area (Å²) in [6.07, 6.45) is -0.167. The Balaban J connectivity index is 2.18. The number of thiazole rings is 1. The van der Waals surface area contributed by atoms with Crippen LogP contribution in [0.15, 0.2) is 9.30 Å². The molecule has 0 bridgehead atoms. The van der Waals surface area contributed by atoms with E-state index in [1.807, 2.05) is 5.38 Å². The molecule has 2 atom stereocenters. The molecule has 1 aromatic heterocycles. The minimum atomic E-state index is -3.37. The van der Waals surface area contributed by atoms with Crippen LogP contribution in [0.1, 0.15) is 19.0 Å². The summed E-state index contributed by atoms with van der Waals surface area (Å²) in [5, 5.41) is 11.1. The molecule has 1 aliphatic heterocycles. The molecule has 2 N–H and O–H groups in total. The third-order valence-corrected chi connectivity index (χ3v) is 6.28. The van der Waals surface area contributed by atoms with Gasteiger partial charge in [0.25, 0.3) is 0 Å². The van der Waals surface area contributed by atoms with Gasteiger partial charge >= 0.3 is 6.09 Å². The second kappa shape index (κ2) is 6.59. The van der Waals surface area contributed by atoms with Gasteiger partial charge in [-0.15, -0.1) is 11.3 Å². The van der Waals surface area contributed by atoms with E-state index in [2.05, 4.69) is 25.6 Å². The Kier molecular flexibility index (Phi) is 5.23. The minimum absolute atomic E-state index is 0.0223. The Hall–Kier alpha value is -0.710. The van der Waals surface area contributed by atoms with Gasteiger partial charge in [0, 0.05) is 24.4 Å². The number of sulfonamides is 1. The highest BCUT2D eigenvalue weighted by atomic mass is 79.9. The fourth-order valence-electron chi connectivity index (χ4n) is 2.39. The monoisotopic (exact) mass is 397 g/mol. The standard InChI is InChI=1S/C11H16BrN3O4S2/c1-2-21(18,19)14-8-3-4-15(11(16)17)9(8)5-7-6-20-10(12)13-7/h6,8-9,14H,2-5H2,1H3,(H,16,17)/t8-,9-/m0/s1. The van der Waals surface area contributed by atoms with Gasteiger partial charge in [-0.05, 0) is 29.3 Å². The van der Waals surface area contributed by atoms with Gasteiger partial charge < -0.3 is 10.0 Å². The Morgan fingerprint density at radius 3 is 2.90 bits per heavy atom. The van der Waals surface area contributed by atoms with Crippen molar-refractivity contribution in [3.8, 4) is 0 Å². The van der Waals surface area contributed by atoms with E-state index in [0.29, 0.717) is 19.4 Å². The van der Waals surface area contributed by atoms with Gasteiger partial charge in [0.2, 0.25) is 10.0 Å². The van der Waals surface area contributed by atoms with Crippen LogP contribution in [0, 0.1) is 0 Å². The molecular formula is C11H16BrN3O4S2. The van der Waals surface area contributed by atoms with Crippen molar-refractivity contribution in [2.75, 3.05) is 12.3 Å². The Morgan fingerprint density at radius 1 is 1.67 bits per heavy atom. The maximum atomic E-state index is 11.7. The Morgan fingerprint density at radius 2 is 2.38 bits per heavy atom. The molecule has 118 valence electrons. The average Bonchev–Trinajstić information content (AvgIpc) is 2.97. The van der Waals surface area contributed by atoms with Crippen LogP contribution in [0.5, 0.6) is 0 Å². The largest absolute Gasteiger partial charge is 0.465 e. The van der Waals surface area contributed by atoms with Crippen LogP contribution in [0.25, 0.3) is 0 Å². The third-order valence-electron chi connectivity index (χ3n) is 3.44. The fraction of sp³-hybridized carbons (Fsp3) is 0.636. The first-order chi connectivity index (χ1) is 9.82. The quantitative estimate of drug-likeness (QED) is 0.783. The summed E-state index contributed by atoms with van der Waals surface area (Å²) in [4.78, 5) is 16.9. The van der Waals surface area contributed by atoms with E-state index in [9.17, 15) is 18.3 Å². The molecule has 10 heteroatoms. The lowest BCUT2D eigenvalue weighted by Gasteiger charge is -2.25. The van der Waals surface area contributed by atoms with Crippen LogP contribution in [-0.4, -0.2) is 53.9 Å². The summed E-state index contributed by atoms with van der Waals surface area (Å²) in [7, 11) is -3.37. The number of nitrogens with one attached hydrogen (secondary N) is 1. The molecule has 0 unspecified atom stereocenters. The van der Waals surface area contributed by atoms with Crippen molar-refractivity contribution in [2.24, 2.45) is 0 Å². The highest BCUT2D eigenvalue weighted by Gasteiger charge is 2.39. The van der Waals surface area contributed by atoms with Crippen LogP contribution < -0.4 is 4.72 Å². The normalized spacial score (nSPS) is 22.7. The highest BCUT2D eigenvalue weighted by Crippen LogP contribution is 2.24. The van der Waals surface area contributed by atoms with Crippen molar-refractivity contribution < 1.29 is 18.3 Å². The number of rotatable bonds is 5. The van der Waals surface area contributed by atoms with E-state index in [-0.39, 0.29) is 5.75 Å². The zero-order valence-electron chi connectivity index (χ0n) is 11.3. The lowest BCUT2D eigenvalue weighted by molar-refractivity contribution is 0.137. The molecule has 21 heavy (non-hydrogen) atoms. The second-order valence-electron chi connectivity index (χ2n) is 4.76. The molecule has 0 saturated carbocycles. The molecule has 7 nitrogen and oxygen atoms in total. The number of hydrogen-bond donors (Lipinski definition) is 2. The number of nitrogens with zero attached hydrogens (tertiary/aromatic N) is 2. The van der Waals surface area contributed by atoms with Crippen LogP contribution >= 0.6 is 27.3 Å². The van der Waals surface area contributed by atoms with Gasteiger partial charge in [0.05, 0.1) is 17.5 Å². The maximum Gasteiger partial charge on any atom is 0.407 e. The third kappa shape index (κ3) is 4.15. The number of halogens is 1. The second-order valence-corrected chi connectivity index (χ2v) is 8.93. The van der Waals surface area contributed by atoms with E-state index in [4.69, 9.17) is 0 Å². The lowest BCUT2D eigenvalue weighted by Crippen LogP contribution is -2.47. The number of likely N-dealkylation sites (tertiary alicyclic amines) is 1. The van der Waals surface area contributed by atoms with Crippen molar-refractivity contribution in [1.82, 2.24) is 14.6 Å². The van der Waals surface area contributed by atoms with Gasteiger partial charge in [0.15, 0.2) is 3.92 Å². The summed E-state index contributed by atoms with van der Waals surface area (Å²) in [6, 6.07) is -0.843. The fourth-order valence-corrected chi connectivity index (χ4v) is 4.35. The highest BCUT2D eigenvalue weighted by molar-refractivity contribution is 9.11. The molecule has 1 saturated heterocycles. The smallest absolute Gasteiger partial charge is 0.407 e. The number of carbonyl (C=O) groups is 1.